The first kappa shape index (κ1) is 12.8. The molecule has 0 amide bonds. The molecule has 0 radical (unpaired) electrons. The summed E-state index contributed by atoms with van der Waals surface area (Å²) in [6, 6.07) is 10.1. The number of pyridine rings is 1. The van der Waals surface area contributed by atoms with Crippen molar-refractivity contribution in [2.75, 3.05) is 11.9 Å². The van der Waals surface area contributed by atoms with Crippen LogP contribution in [-0.4, -0.2) is 22.2 Å². The first-order valence-corrected chi connectivity index (χ1v) is 6.36. The van der Waals surface area contributed by atoms with Crippen LogP contribution in [0.5, 0.6) is 0 Å². The lowest BCUT2D eigenvalue weighted by Gasteiger charge is -2.17. The van der Waals surface area contributed by atoms with E-state index < -0.39 is 5.60 Å². The van der Waals surface area contributed by atoms with Gasteiger partial charge in [-0.25, -0.2) is 0 Å². The lowest BCUT2D eigenvalue weighted by atomic mass is 10.0. The summed E-state index contributed by atoms with van der Waals surface area (Å²) in [5.41, 5.74) is 1.53. The number of benzene rings is 1. The Balaban J connectivity index is 2.00. The van der Waals surface area contributed by atoms with Crippen LogP contribution in [0.1, 0.15) is 26.7 Å². The average molecular weight is 244 g/mol. The highest BCUT2D eigenvalue weighted by Gasteiger charge is 2.11. The average Bonchev–Trinajstić information content (AvgIpc) is 2.33. The third kappa shape index (κ3) is 3.44. The number of aliphatic hydroxyl groups is 1. The number of hydrogen-bond acceptors (Lipinski definition) is 3. The summed E-state index contributed by atoms with van der Waals surface area (Å²) in [7, 11) is 0. The van der Waals surface area contributed by atoms with Gasteiger partial charge in [-0.05, 0) is 51.0 Å². The van der Waals surface area contributed by atoms with Crippen molar-refractivity contribution < 1.29 is 5.11 Å². The maximum absolute atomic E-state index is 9.65. The summed E-state index contributed by atoms with van der Waals surface area (Å²) in [5, 5.41) is 14.2. The molecule has 0 aliphatic rings. The van der Waals surface area contributed by atoms with Crippen LogP contribution in [0.15, 0.2) is 36.5 Å². The van der Waals surface area contributed by atoms with E-state index >= 15 is 0 Å². The van der Waals surface area contributed by atoms with E-state index in [0.29, 0.717) is 0 Å². The maximum Gasteiger partial charge on any atom is 0.0722 e. The topological polar surface area (TPSA) is 45.1 Å². The minimum absolute atomic E-state index is 0.581. The van der Waals surface area contributed by atoms with Crippen LogP contribution in [0, 0.1) is 0 Å². The minimum atomic E-state index is -0.581. The van der Waals surface area contributed by atoms with E-state index in [1.807, 2.05) is 32.0 Å². The van der Waals surface area contributed by atoms with Gasteiger partial charge in [-0.1, -0.05) is 6.07 Å². The van der Waals surface area contributed by atoms with Crippen LogP contribution in [0.4, 0.5) is 5.69 Å². The van der Waals surface area contributed by atoms with Gasteiger partial charge in [0.1, 0.15) is 0 Å². The molecule has 18 heavy (non-hydrogen) atoms. The number of nitrogens with one attached hydrogen (secondary N) is 1. The number of fused-ring (bicyclic) bond motifs is 1. The number of anilines is 1. The van der Waals surface area contributed by atoms with Crippen LogP contribution in [0.25, 0.3) is 10.9 Å². The number of aromatic nitrogens is 1. The molecule has 3 heteroatoms. The molecule has 0 atom stereocenters. The van der Waals surface area contributed by atoms with Crippen LogP contribution in [0.3, 0.4) is 0 Å². The highest BCUT2D eigenvalue weighted by molar-refractivity contribution is 5.91. The molecule has 0 saturated heterocycles. The Labute approximate surface area is 108 Å². The highest BCUT2D eigenvalue weighted by atomic mass is 16.3. The van der Waals surface area contributed by atoms with Crippen molar-refractivity contribution in [1.82, 2.24) is 4.98 Å². The molecule has 1 heterocycles. The maximum atomic E-state index is 9.65. The van der Waals surface area contributed by atoms with E-state index in [0.717, 1.165) is 36.0 Å². The molecule has 2 aromatic rings. The molecule has 96 valence electrons. The molecule has 0 spiro atoms. The monoisotopic (exact) mass is 244 g/mol. The SMILES string of the molecule is CC(C)(O)CCCNc1cccc2ncccc12. The molecule has 2 rings (SSSR count). The van der Waals surface area contributed by atoms with Crippen LogP contribution < -0.4 is 5.32 Å². The predicted octanol–water partition coefficient (Wildman–Crippen LogP) is 3.20. The second-order valence-electron chi connectivity index (χ2n) is 5.22. The Morgan fingerprint density at radius 1 is 1.22 bits per heavy atom. The van der Waals surface area contributed by atoms with E-state index in [1.165, 1.54) is 0 Å². The molecule has 0 unspecified atom stereocenters. The second kappa shape index (κ2) is 5.36. The van der Waals surface area contributed by atoms with Gasteiger partial charge >= 0.3 is 0 Å². The lowest BCUT2D eigenvalue weighted by Crippen LogP contribution is -2.19. The summed E-state index contributed by atoms with van der Waals surface area (Å²) >= 11 is 0. The number of nitrogens with zero attached hydrogens (tertiary/aromatic N) is 1. The van der Waals surface area contributed by atoms with Gasteiger partial charge in [-0.2, -0.15) is 0 Å². The molecule has 0 saturated carbocycles. The molecule has 1 aromatic carbocycles. The Morgan fingerprint density at radius 2 is 2.06 bits per heavy atom. The van der Waals surface area contributed by atoms with Gasteiger partial charge in [0.05, 0.1) is 11.1 Å². The zero-order valence-corrected chi connectivity index (χ0v) is 11.0. The zero-order valence-electron chi connectivity index (χ0n) is 11.0. The lowest BCUT2D eigenvalue weighted by molar-refractivity contribution is 0.0698. The molecule has 0 aliphatic carbocycles. The predicted molar refractivity (Wildman–Crippen MR) is 75.8 cm³/mol. The van der Waals surface area contributed by atoms with Crippen LogP contribution in [0.2, 0.25) is 0 Å². The molecule has 0 fully saturated rings. The van der Waals surface area contributed by atoms with Gasteiger partial charge < -0.3 is 10.4 Å². The van der Waals surface area contributed by atoms with E-state index in [1.54, 1.807) is 6.20 Å². The number of rotatable bonds is 5. The summed E-state index contributed by atoms with van der Waals surface area (Å²) in [4.78, 5) is 4.33. The van der Waals surface area contributed by atoms with E-state index in [4.69, 9.17) is 0 Å². The largest absolute Gasteiger partial charge is 0.390 e. The molecule has 0 aliphatic heterocycles. The van der Waals surface area contributed by atoms with Gasteiger partial charge in [-0.15, -0.1) is 0 Å². The van der Waals surface area contributed by atoms with Gasteiger partial charge in [-0.3, -0.25) is 4.98 Å². The van der Waals surface area contributed by atoms with Crippen molar-refractivity contribution >= 4 is 16.6 Å². The fourth-order valence-corrected chi connectivity index (χ4v) is 2.00. The van der Waals surface area contributed by atoms with Crippen molar-refractivity contribution in [3.8, 4) is 0 Å². The van der Waals surface area contributed by atoms with Gasteiger partial charge in [0.25, 0.3) is 0 Å². The quantitative estimate of drug-likeness (QED) is 0.794. The Morgan fingerprint density at radius 3 is 2.83 bits per heavy atom. The second-order valence-corrected chi connectivity index (χ2v) is 5.22. The fourth-order valence-electron chi connectivity index (χ4n) is 2.00. The standard InChI is InChI=1S/C15H20N2O/c1-15(2,18)9-5-11-17-14-8-3-7-13-12(14)6-4-10-16-13/h3-4,6-8,10,17-18H,5,9,11H2,1-2H3. The first-order chi connectivity index (χ1) is 8.56. The van der Waals surface area contributed by atoms with Gasteiger partial charge in [0, 0.05) is 23.8 Å². The summed E-state index contributed by atoms with van der Waals surface area (Å²) < 4.78 is 0. The summed E-state index contributed by atoms with van der Waals surface area (Å²) in [6.07, 6.45) is 3.55. The number of hydrogen-bond donors (Lipinski definition) is 2. The molecule has 3 nitrogen and oxygen atoms in total. The molecular formula is C15H20N2O. The molecule has 2 N–H and O–H groups in total. The van der Waals surface area contributed by atoms with Crippen molar-refractivity contribution in [1.29, 1.82) is 0 Å². The van der Waals surface area contributed by atoms with E-state index in [9.17, 15) is 5.11 Å². The fraction of sp³-hybridized carbons (Fsp3) is 0.400. The normalized spacial score (nSPS) is 11.7. The van der Waals surface area contributed by atoms with Crippen LogP contribution in [-0.2, 0) is 0 Å². The Bertz CT molecular complexity index is 512. The first-order valence-electron chi connectivity index (χ1n) is 6.36. The molecule has 1 aromatic heterocycles. The molecule has 0 bridgehead atoms. The smallest absolute Gasteiger partial charge is 0.0722 e. The van der Waals surface area contributed by atoms with Gasteiger partial charge in [0.15, 0.2) is 0 Å². The minimum Gasteiger partial charge on any atom is -0.390 e. The van der Waals surface area contributed by atoms with E-state index in [-0.39, 0.29) is 0 Å². The third-order valence-corrected chi connectivity index (χ3v) is 2.93. The van der Waals surface area contributed by atoms with Crippen LogP contribution >= 0.6 is 0 Å². The third-order valence-electron chi connectivity index (χ3n) is 2.93. The van der Waals surface area contributed by atoms with E-state index in [2.05, 4.69) is 22.4 Å². The van der Waals surface area contributed by atoms with Crippen molar-refractivity contribution in [3.05, 3.63) is 36.5 Å². The van der Waals surface area contributed by atoms with Crippen molar-refractivity contribution in [2.24, 2.45) is 0 Å². The Kier molecular flexibility index (Phi) is 3.82. The Hall–Kier alpha value is -1.61. The molecular weight excluding hydrogens is 224 g/mol. The van der Waals surface area contributed by atoms with Gasteiger partial charge in [0.2, 0.25) is 0 Å². The van der Waals surface area contributed by atoms with Crippen molar-refractivity contribution in [2.45, 2.75) is 32.3 Å². The summed E-state index contributed by atoms with van der Waals surface area (Å²) in [5.74, 6) is 0. The van der Waals surface area contributed by atoms with Crippen molar-refractivity contribution in [3.63, 3.8) is 0 Å². The summed E-state index contributed by atoms with van der Waals surface area (Å²) in [6.45, 7) is 4.54. The zero-order chi connectivity index (χ0) is 13.0. The highest BCUT2D eigenvalue weighted by Crippen LogP contribution is 2.21.